The van der Waals surface area contributed by atoms with Crippen molar-refractivity contribution in [1.82, 2.24) is 25.2 Å². The lowest BCUT2D eigenvalue weighted by Gasteiger charge is -2.42. The molecule has 2 fully saturated rings. The lowest BCUT2D eigenvalue weighted by molar-refractivity contribution is -0.126. The van der Waals surface area contributed by atoms with E-state index in [1.54, 1.807) is 16.9 Å². The second-order valence-electron chi connectivity index (χ2n) is 9.22. The van der Waals surface area contributed by atoms with Crippen molar-refractivity contribution in [3.05, 3.63) is 42.4 Å². The summed E-state index contributed by atoms with van der Waals surface area (Å²) >= 11 is 0. The van der Waals surface area contributed by atoms with Crippen molar-refractivity contribution >= 4 is 30.7 Å². The summed E-state index contributed by atoms with van der Waals surface area (Å²) in [5.41, 5.74) is 2.82. The molecule has 2 saturated heterocycles. The number of piperidine rings is 1. The smallest absolute Gasteiger partial charge is 0.237 e. The normalized spacial score (nSPS) is 18.8. The van der Waals surface area contributed by atoms with E-state index < -0.39 is 0 Å². The molecule has 1 amide bonds. The van der Waals surface area contributed by atoms with Gasteiger partial charge in [-0.25, -0.2) is 9.50 Å². The minimum atomic E-state index is -0.189. The fourth-order valence-electron chi connectivity index (χ4n) is 4.63. The molecule has 0 bridgehead atoms. The molecular formula is C25H31N7O2S. The van der Waals surface area contributed by atoms with Crippen LogP contribution in [0.5, 0.6) is 5.75 Å². The fraction of sp³-hybridized carbons (Fsp3) is 0.440. The lowest BCUT2D eigenvalue weighted by atomic mass is 9.88. The molecule has 3 aromatic heterocycles. The van der Waals surface area contributed by atoms with Gasteiger partial charge in [-0.15, -0.1) is 0 Å². The van der Waals surface area contributed by atoms with Gasteiger partial charge in [0.05, 0.1) is 36.1 Å². The summed E-state index contributed by atoms with van der Waals surface area (Å²) in [5, 5.41) is 20.3. The summed E-state index contributed by atoms with van der Waals surface area (Å²) in [6.45, 7) is 7.18. The first-order valence-corrected chi connectivity index (χ1v) is 11.8. The SMILES string of the molecule is CCOc1cc(-c2ccc(N3CCC(C)(NC(=O)[C@@H]4CCN4)CC3)nc2)c2c(C#N)cnn2c1.S. The van der Waals surface area contributed by atoms with Crippen molar-refractivity contribution in [2.75, 3.05) is 31.1 Å². The Morgan fingerprint density at radius 2 is 2.11 bits per heavy atom. The Hall–Kier alpha value is -3.29. The quantitative estimate of drug-likeness (QED) is 0.543. The van der Waals surface area contributed by atoms with Crippen LogP contribution in [0.4, 0.5) is 5.82 Å². The number of rotatable bonds is 6. The Labute approximate surface area is 211 Å². The Bertz CT molecular complexity index is 1240. The molecule has 1 atom stereocenters. The number of hydrogen-bond donors (Lipinski definition) is 2. The molecule has 0 aromatic carbocycles. The molecule has 0 spiro atoms. The number of nitrogens with zero attached hydrogens (tertiary/aromatic N) is 5. The van der Waals surface area contributed by atoms with E-state index in [1.165, 1.54) is 0 Å². The maximum atomic E-state index is 12.4. The van der Waals surface area contributed by atoms with E-state index in [4.69, 9.17) is 9.72 Å². The summed E-state index contributed by atoms with van der Waals surface area (Å²) in [4.78, 5) is 19.4. The van der Waals surface area contributed by atoms with Crippen LogP contribution in [0.3, 0.4) is 0 Å². The molecular weight excluding hydrogens is 462 g/mol. The van der Waals surface area contributed by atoms with Gasteiger partial charge in [0.15, 0.2) is 0 Å². The molecule has 5 heterocycles. The van der Waals surface area contributed by atoms with Gasteiger partial charge in [0.2, 0.25) is 5.91 Å². The van der Waals surface area contributed by atoms with Gasteiger partial charge < -0.3 is 20.3 Å². The highest BCUT2D eigenvalue weighted by molar-refractivity contribution is 7.59. The Morgan fingerprint density at radius 1 is 1.34 bits per heavy atom. The van der Waals surface area contributed by atoms with Gasteiger partial charge in [0.1, 0.15) is 17.6 Å². The van der Waals surface area contributed by atoms with Crippen LogP contribution in [-0.4, -0.2) is 58.3 Å². The molecule has 0 saturated carbocycles. The van der Waals surface area contributed by atoms with Crippen LogP contribution in [-0.2, 0) is 4.79 Å². The number of fused-ring (bicyclic) bond motifs is 1. The van der Waals surface area contributed by atoms with Crippen molar-refractivity contribution in [2.45, 2.75) is 44.7 Å². The van der Waals surface area contributed by atoms with Gasteiger partial charge >= 0.3 is 0 Å². The first-order chi connectivity index (χ1) is 16.5. The second-order valence-corrected chi connectivity index (χ2v) is 9.22. The average Bonchev–Trinajstić information content (AvgIpc) is 3.21. The summed E-state index contributed by atoms with van der Waals surface area (Å²) in [7, 11) is 0. The van der Waals surface area contributed by atoms with Crippen LogP contribution in [0.1, 0.15) is 38.7 Å². The van der Waals surface area contributed by atoms with E-state index in [2.05, 4.69) is 33.6 Å². The molecule has 2 aliphatic rings. The Kier molecular flexibility index (Phi) is 7.19. The molecule has 0 radical (unpaired) electrons. The molecule has 2 N–H and O–H groups in total. The average molecular weight is 494 g/mol. The maximum absolute atomic E-state index is 12.4. The minimum absolute atomic E-state index is 0. The maximum Gasteiger partial charge on any atom is 0.237 e. The molecule has 10 heteroatoms. The summed E-state index contributed by atoms with van der Waals surface area (Å²) in [5.74, 6) is 1.71. The van der Waals surface area contributed by atoms with E-state index in [0.717, 1.165) is 61.4 Å². The third-order valence-corrected chi connectivity index (χ3v) is 6.83. The van der Waals surface area contributed by atoms with Crippen molar-refractivity contribution in [3.8, 4) is 22.9 Å². The van der Waals surface area contributed by atoms with Gasteiger partial charge in [0.25, 0.3) is 0 Å². The number of carbonyl (C=O) groups excluding carboxylic acids is 1. The van der Waals surface area contributed by atoms with Crippen LogP contribution < -0.4 is 20.3 Å². The highest BCUT2D eigenvalue weighted by atomic mass is 32.1. The zero-order valence-corrected chi connectivity index (χ0v) is 21.0. The van der Waals surface area contributed by atoms with Crippen LogP contribution >= 0.6 is 13.5 Å². The molecule has 9 nitrogen and oxygen atoms in total. The van der Waals surface area contributed by atoms with E-state index >= 15 is 0 Å². The number of hydrogen-bond acceptors (Lipinski definition) is 7. The first-order valence-electron chi connectivity index (χ1n) is 11.8. The standard InChI is InChI=1S/C25H29N7O2.H2S/c1-3-34-19-12-20(23-18(13-26)15-29-32(23)16-19)17-4-5-22(28-14-17)31-10-7-25(2,8-11-31)30-24(33)21-6-9-27-21;/h4-5,12,14-16,21,27H,3,6-11H2,1-2H3,(H,30,33);1H2/t21-;/m0./s1. The molecule has 5 rings (SSSR count). The number of anilines is 1. The van der Waals surface area contributed by atoms with E-state index in [1.807, 2.05) is 31.3 Å². The molecule has 184 valence electrons. The molecule has 2 aliphatic heterocycles. The van der Waals surface area contributed by atoms with E-state index in [0.29, 0.717) is 17.9 Å². The van der Waals surface area contributed by atoms with E-state index in [-0.39, 0.29) is 31.0 Å². The number of amides is 1. The van der Waals surface area contributed by atoms with Gasteiger partial charge in [0, 0.05) is 36.0 Å². The van der Waals surface area contributed by atoms with Crippen molar-refractivity contribution in [3.63, 3.8) is 0 Å². The van der Waals surface area contributed by atoms with Gasteiger partial charge in [-0.05, 0) is 57.9 Å². The fourth-order valence-corrected chi connectivity index (χ4v) is 4.63. The second kappa shape index (κ2) is 10.1. The van der Waals surface area contributed by atoms with E-state index in [9.17, 15) is 10.1 Å². The van der Waals surface area contributed by atoms with Crippen LogP contribution in [0.25, 0.3) is 16.6 Å². The monoisotopic (exact) mass is 493 g/mol. The predicted molar refractivity (Wildman–Crippen MR) is 139 cm³/mol. The molecule has 0 unspecified atom stereocenters. The predicted octanol–water partition coefficient (Wildman–Crippen LogP) is 2.62. The Balaban J connectivity index is 0.00000289. The molecule has 3 aromatic rings. The number of nitriles is 1. The highest BCUT2D eigenvalue weighted by Crippen LogP contribution is 2.32. The van der Waals surface area contributed by atoms with Crippen LogP contribution in [0.15, 0.2) is 36.8 Å². The van der Waals surface area contributed by atoms with Crippen molar-refractivity contribution in [2.24, 2.45) is 0 Å². The Morgan fingerprint density at radius 3 is 2.71 bits per heavy atom. The van der Waals surface area contributed by atoms with Gasteiger partial charge in [-0.3, -0.25) is 4.79 Å². The van der Waals surface area contributed by atoms with Gasteiger partial charge in [-0.2, -0.15) is 23.9 Å². The summed E-state index contributed by atoms with van der Waals surface area (Å²) < 4.78 is 7.39. The number of ether oxygens (including phenoxy) is 1. The minimum Gasteiger partial charge on any atom is -0.492 e. The highest BCUT2D eigenvalue weighted by Gasteiger charge is 2.35. The lowest BCUT2D eigenvalue weighted by Crippen LogP contribution is -2.60. The molecule has 0 aliphatic carbocycles. The van der Waals surface area contributed by atoms with Gasteiger partial charge in [-0.1, -0.05) is 0 Å². The van der Waals surface area contributed by atoms with Crippen molar-refractivity contribution < 1.29 is 9.53 Å². The third-order valence-electron chi connectivity index (χ3n) is 6.83. The number of carbonyl (C=O) groups is 1. The number of aromatic nitrogens is 3. The van der Waals surface area contributed by atoms with Crippen molar-refractivity contribution in [1.29, 1.82) is 5.26 Å². The zero-order valence-electron chi connectivity index (χ0n) is 20.0. The topological polar surface area (TPSA) is 108 Å². The number of nitrogens with one attached hydrogen (secondary N) is 2. The summed E-state index contributed by atoms with van der Waals surface area (Å²) in [6.07, 6.45) is 7.85. The largest absolute Gasteiger partial charge is 0.492 e. The van der Waals surface area contributed by atoms with Crippen LogP contribution in [0, 0.1) is 11.3 Å². The first kappa shape index (κ1) is 24.8. The zero-order chi connectivity index (χ0) is 23.7. The van der Waals surface area contributed by atoms with Crippen LogP contribution in [0.2, 0.25) is 0 Å². The third kappa shape index (κ3) is 4.92. The summed E-state index contributed by atoms with van der Waals surface area (Å²) in [6, 6.07) is 8.17. The number of pyridine rings is 2. The molecule has 35 heavy (non-hydrogen) atoms.